The van der Waals surface area contributed by atoms with Gasteiger partial charge in [-0.25, -0.2) is 9.59 Å². The van der Waals surface area contributed by atoms with Crippen molar-refractivity contribution in [2.24, 2.45) is 5.92 Å². The molecule has 0 radical (unpaired) electrons. The maximum atomic E-state index is 11.7. The lowest BCUT2D eigenvalue weighted by Crippen LogP contribution is -2.48. The van der Waals surface area contributed by atoms with E-state index in [4.69, 9.17) is 24.1 Å². The van der Waals surface area contributed by atoms with Gasteiger partial charge in [0.05, 0.1) is 19.1 Å². The molecule has 124 valence electrons. The van der Waals surface area contributed by atoms with Crippen molar-refractivity contribution in [3.63, 3.8) is 0 Å². The van der Waals surface area contributed by atoms with Crippen molar-refractivity contribution < 1.29 is 43.2 Å². The van der Waals surface area contributed by atoms with E-state index in [2.05, 4.69) is 4.74 Å². The van der Waals surface area contributed by atoms with E-state index in [0.29, 0.717) is 6.42 Å². The summed E-state index contributed by atoms with van der Waals surface area (Å²) in [5.41, 5.74) is 0. The number of carboxylic acid groups (broad SMARTS) is 1. The quantitative estimate of drug-likeness (QED) is 0.588. The number of methoxy groups -OCH3 is 2. The minimum Gasteiger partial charge on any atom is -0.480 e. The Morgan fingerprint density at radius 3 is 2.50 bits per heavy atom. The van der Waals surface area contributed by atoms with Gasteiger partial charge in [-0.15, -0.1) is 0 Å². The molecule has 2 saturated heterocycles. The minimum absolute atomic E-state index is 0.350. The first kappa shape index (κ1) is 16.7. The van der Waals surface area contributed by atoms with Crippen molar-refractivity contribution in [1.82, 2.24) is 0 Å². The van der Waals surface area contributed by atoms with E-state index >= 15 is 0 Å². The highest BCUT2D eigenvalue weighted by Gasteiger charge is 2.59. The van der Waals surface area contributed by atoms with Gasteiger partial charge in [0, 0.05) is 7.11 Å². The zero-order chi connectivity index (χ0) is 16.3. The van der Waals surface area contributed by atoms with Crippen LogP contribution in [-0.4, -0.2) is 74.9 Å². The fourth-order valence-corrected chi connectivity index (χ4v) is 2.86. The average Bonchev–Trinajstić information content (AvgIpc) is 3.03. The van der Waals surface area contributed by atoms with E-state index in [-0.39, 0.29) is 6.10 Å². The molecule has 22 heavy (non-hydrogen) atoms. The molecule has 0 aromatic carbocycles. The summed E-state index contributed by atoms with van der Waals surface area (Å²) in [6.45, 7) is -1.10. The van der Waals surface area contributed by atoms with Crippen LogP contribution in [0.1, 0.15) is 6.42 Å². The van der Waals surface area contributed by atoms with Crippen LogP contribution < -0.4 is 0 Å². The van der Waals surface area contributed by atoms with E-state index in [1.165, 1.54) is 14.2 Å². The third-order valence-electron chi connectivity index (χ3n) is 3.72. The first-order chi connectivity index (χ1) is 10.5. The number of hydrogen-bond acceptors (Lipinski definition) is 8. The Labute approximate surface area is 126 Å². The van der Waals surface area contributed by atoms with Crippen molar-refractivity contribution >= 4 is 17.9 Å². The monoisotopic (exact) mass is 318 g/mol. The van der Waals surface area contributed by atoms with E-state index in [1.807, 2.05) is 0 Å². The van der Waals surface area contributed by atoms with Crippen molar-refractivity contribution in [2.45, 2.75) is 30.8 Å². The lowest BCUT2D eigenvalue weighted by molar-refractivity contribution is -0.169. The second-order valence-corrected chi connectivity index (χ2v) is 5.05. The molecule has 2 fully saturated rings. The molecule has 0 amide bonds. The lowest BCUT2D eigenvalue weighted by Gasteiger charge is -2.30. The van der Waals surface area contributed by atoms with Crippen LogP contribution in [-0.2, 0) is 38.1 Å². The number of fused-ring (bicyclic) bond motifs is 2. The molecule has 0 aromatic rings. The van der Waals surface area contributed by atoms with Gasteiger partial charge in [-0.1, -0.05) is 0 Å². The Hall–Kier alpha value is -1.71. The summed E-state index contributed by atoms with van der Waals surface area (Å²) in [5, 5.41) is 8.43. The maximum absolute atomic E-state index is 11.7. The lowest BCUT2D eigenvalue weighted by atomic mass is 9.85. The number of aliphatic carboxylic acids is 1. The Kier molecular flexibility index (Phi) is 5.33. The van der Waals surface area contributed by atoms with Gasteiger partial charge in [-0.2, -0.15) is 0 Å². The summed E-state index contributed by atoms with van der Waals surface area (Å²) in [6.07, 6.45) is -1.77. The number of carbonyl (C=O) groups excluding carboxylic acids is 2. The van der Waals surface area contributed by atoms with E-state index in [9.17, 15) is 14.4 Å². The molecule has 5 atom stereocenters. The smallest absolute Gasteiger partial charge is 0.332 e. The maximum Gasteiger partial charge on any atom is 0.332 e. The van der Waals surface area contributed by atoms with Crippen LogP contribution in [0.15, 0.2) is 0 Å². The van der Waals surface area contributed by atoms with Crippen molar-refractivity contribution in [2.75, 3.05) is 27.4 Å². The van der Waals surface area contributed by atoms with Gasteiger partial charge in [-0.3, -0.25) is 4.79 Å². The van der Waals surface area contributed by atoms with Gasteiger partial charge in [0.1, 0.15) is 25.4 Å². The van der Waals surface area contributed by atoms with Crippen LogP contribution in [0.5, 0.6) is 0 Å². The van der Waals surface area contributed by atoms with E-state index in [0.717, 1.165) is 0 Å². The highest BCUT2D eigenvalue weighted by atomic mass is 16.6. The Morgan fingerprint density at radius 2 is 1.91 bits per heavy atom. The van der Waals surface area contributed by atoms with Gasteiger partial charge in [0.15, 0.2) is 6.10 Å². The van der Waals surface area contributed by atoms with E-state index < -0.39 is 55.4 Å². The number of ether oxygens (including phenoxy) is 5. The third-order valence-corrected chi connectivity index (χ3v) is 3.72. The van der Waals surface area contributed by atoms with Crippen LogP contribution in [0.4, 0.5) is 0 Å². The zero-order valence-corrected chi connectivity index (χ0v) is 12.2. The minimum atomic E-state index is -1.18. The summed E-state index contributed by atoms with van der Waals surface area (Å²) in [7, 11) is 2.74. The molecule has 2 rings (SSSR count). The van der Waals surface area contributed by atoms with Gasteiger partial charge >= 0.3 is 17.9 Å². The third kappa shape index (κ3) is 3.37. The number of rotatable bonds is 7. The molecular formula is C13H18O9. The van der Waals surface area contributed by atoms with Crippen LogP contribution in [0.2, 0.25) is 0 Å². The molecule has 2 aliphatic rings. The number of esters is 2. The van der Waals surface area contributed by atoms with Crippen LogP contribution in [0, 0.1) is 5.92 Å². The summed E-state index contributed by atoms with van der Waals surface area (Å²) in [6, 6.07) is 0. The molecule has 9 heteroatoms. The molecule has 1 N–H and O–H groups in total. The first-order valence-electron chi connectivity index (χ1n) is 6.73. The molecule has 2 aliphatic heterocycles. The Bertz CT molecular complexity index is 449. The predicted molar refractivity (Wildman–Crippen MR) is 67.9 cm³/mol. The summed E-state index contributed by atoms with van der Waals surface area (Å²) in [5.74, 6) is -2.87. The highest BCUT2D eigenvalue weighted by molar-refractivity contribution is 5.75. The van der Waals surface area contributed by atoms with E-state index in [1.54, 1.807) is 0 Å². The molecule has 2 heterocycles. The Balaban J connectivity index is 1.94. The van der Waals surface area contributed by atoms with Crippen LogP contribution >= 0.6 is 0 Å². The van der Waals surface area contributed by atoms with Gasteiger partial charge < -0.3 is 28.8 Å². The second-order valence-electron chi connectivity index (χ2n) is 5.05. The Morgan fingerprint density at radius 1 is 1.18 bits per heavy atom. The molecule has 0 aromatic heterocycles. The predicted octanol–water partition coefficient (Wildman–Crippen LogP) is -1.03. The normalized spacial score (nSPS) is 32.7. The van der Waals surface area contributed by atoms with Crippen molar-refractivity contribution in [1.29, 1.82) is 0 Å². The first-order valence-corrected chi connectivity index (χ1v) is 6.73. The van der Waals surface area contributed by atoms with Gasteiger partial charge in [0.25, 0.3) is 0 Å². The van der Waals surface area contributed by atoms with Gasteiger partial charge in [0.2, 0.25) is 0 Å². The SMILES string of the molecule is COC(=O)C1CC2O[C@@H]1[C@@H](OC(=O)COCC(=O)O)C2OC. The fraction of sp³-hybridized carbons (Fsp3) is 0.769. The number of carboxylic acids is 1. The van der Waals surface area contributed by atoms with Crippen molar-refractivity contribution in [3.05, 3.63) is 0 Å². The van der Waals surface area contributed by atoms with Crippen LogP contribution in [0.3, 0.4) is 0 Å². The van der Waals surface area contributed by atoms with Crippen molar-refractivity contribution in [3.8, 4) is 0 Å². The molecule has 9 nitrogen and oxygen atoms in total. The number of carbonyl (C=O) groups is 3. The summed E-state index contributed by atoms with van der Waals surface area (Å²) in [4.78, 5) is 33.7. The van der Waals surface area contributed by atoms with Gasteiger partial charge in [-0.05, 0) is 6.42 Å². The summed E-state index contributed by atoms with van der Waals surface area (Å²) >= 11 is 0. The summed E-state index contributed by atoms with van der Waals surface area (Å²) < 4.78 is 25.5. The highest BCUT2D eigenvalue weighted by Crippen LogP contribution is 2.42. The molecule has 0 aliphatic carbocycles. The standard InChI is InChI=1S/C13H18O9/c1-18-11-7-3-6(13(17)19-2)10(21-7)12(11)22-9(16)5-20-4-8(14)15/h6-7,10-12H,3-5H2,1-2H3,(H,14,15)/t6?,7?,10-,11?,12+/m0/s1. The van der Waals surface area contributed by atoms with Crippen LogP contribution in [0.25, 0.3) is 0 Å². The topological polar surface area (TPSA) is 118 Å². The molecule has 2 bridgehead atoms. The zero-order valence-electron chi connectivity index (χ0n) is 12.2. The molecular weight excluding hydrogens is 300 g/mol. The molecule has 0 saturated carbocycles. The molecule has 0 spiro atoms. The number of hydrogen-bond donors (Lipinski definition) is 1. The fourth-order valence-electron chi connectivity index (χ4n) is 2.86. The second kappa shape index (κ2) is 7.03. The molecule has 3 unspecified atom stereocenters. The largest absolute Gasteiger partial charge is 0.480 e. The average molecular weight is 318 g/mol.